The lowest BCUT2D eigenvalue weighted by atomic mass is 9.89. The third-order valence-corrected chi connectivity index (χ3v) is 5.00. The Morgan fingerprint density at radius 3 is 3.14 bits per heavy atom. The molecule has 0 radical (unpaired) electrons. The van der Waals surface area contributed by atoms with Crippen LogP contribution < -0.4 is 10.1 Å². The number of piperidine rings is 1. The average molecular weight is 302 g/mol. The molecule has 22 heavy (non-hydrogen) atoms. The average Bonchev–Trinajstić information content (AvgIpc) is 2.77. The summed E-state index contributed by atoms with van der Waals surface area (Å²) in [4.78, 5) is 15.0. The molecule has 1 amide bonds. The molecule has 1 N–H and O–H groups in total. The number of methoxy groups -OCH3 is 1. The molecular formula is C18H26N2O2. The summed E-state index contributed by atoms with van der Waals surface area (Å²) in [6, 6.07) is 8.29. The van der Waals surface area contributed by atoms with Crippen LogP contribution in [0.1, 0.15) is 31.2 Å². The number of hydrogen-bond donors (Lipinski definition) is 1. The molecule has 0 unspecified atom stereocenters. The van der Waals surface area contributed by atoms with E-state index in [9.17, 15) is 4.79 Å². The van der Waals surface area contributed by atoms with Crippen molar-refractivity contribution in [1.29, 1.82) is 0 Å². The zero-order valence-electron chi connectivity index (χ0n) is 13.4. The van der Waals surface area contributed by atoms with E-state index >= 15 is 0 Å². The van der Waals surface area contributed by atoms with Gasteiger partial charge < -0.3 is 15.0 Å². The second-order valence-electron chi connectivity index (χ2n) is 6.43. The third-order valence-electron chi connectivity index (χ3n) is 5.00. The van der Waals surface area contributed by atoms with E-state index < -0.39 is 0 Å². The van der Waals surface area contributed by atoms with Crippen LogP contribution in [0.25, 0.3) is 0 Å². The Hall–Kier alpha value is -1.55. The maximum Gasteiger partial charge on any atom is 0.227 e. The number of hydrogen-bond acceptors (Lipinski definition) is 3. The molecule has 3 rings (SSSR count). The van der Waals surface area contributed by atoms with Crippen LogP contribution in [-0.4, -0.2) is 43.6 Å². The number of ether oxygens (including phenoxy) is 1. The first kappa shape index (κ1) is 15.3. The predicted octanol–water partition coefficient (Wildman–Crippen LogP) is 2.23. The number of amides is 1. The minimum atomic E-state index is 0.270. The van der Waals surface area contributed by atoms with Gasteiger partial charge in [-0.15, -0.1) is 0 Å². The van der Waals surface area contributed by atoms with Gasteiger partial charge in [0.15, 0.2) is 0 Å². The van der Waals surface area contributed by atoms with Gasteiger partial charge in [-0.05, 0) is 56.0 Å². The lowest BCUT2D eigenvalue weighted by Crippen LogP contribution is -2.51. The second kappa shape index (κ2) is 7.14. The molecule has 2 aliphatic heterocycles. The molecule has 0 bridgehead atoms. The summed E-state index contributed by atoms with van der Waals surface area (Å²) in [5.41, 5.74) is 1.04. The normalized spacial score (nSPS) is 25.2. The van der Waals surface area contributed by atoms with Crippen LogP contribution >= 0.6 is 0 Å². The monoisotopic (exact) mass is 302 g/mol. The topological polar surface area (TPSA) is 41.6 Å². The van der Waals surface area contributed by atoms with E-state index in [1.165, 1.54) is 12.8 Å². The Morgan fingerprint density at radius 2 is 2.27 bits per heavy atom. The van der Waals surface area contributed by atoms with Crippen LogP contribution in [0.3, 0.4) is 0 Å². The number of carbonyl (C=O) groups excluding carboxylic acids is 1. The second-order valence-corrected chi connectivity index (χ2v) is 6.43. The van der Waals surface area contributed by atoms with Crippen LogP contribution in [0.5, 0.6) is 5.75 Å². The Balaban J connectivity index is 1.71. The molecule has 2 heterocycles. The highest BCUT2D eigenvalue weighted by atomic mass is 16.5. The molecule has 0 saturated carbocycles. The van der Waals surface area contributed by atoms with Gasteiger partial charge in [-0.3, -0.25) is 4.79 Å². The van der Waals surface area contributed by atoms with E-state index in [-0.39, 0.29) is 5.91 Å². The Bertz CT molecular complexity index is 518. The van der Waals surface area contributed by atoms with Crippen molar-refractivity contribution in [2.45, 2.75) is 38.1 Å². The van der Waals surface area contributed by atoms with Gasteiger partial charge in [-0.25, -0.2) is 0 Å². The third kappa shape index (κ3) is 3.43. The molecule has 2 atom stereocenters. The largest absolute Gasteiger partial charge is 0.497 e. The smallest absolute Gasteiger partial charge is 0.227 e. The van der Waals surface area contributed by atoms with Crippen molar-refractivity contribution in [3.8, 4) is 5.75 Å². The van der Waals surface area contributed by atoms with Gasteiger partial charge in [-0.2, -0.15) is 0 Å². The SMILES string of the molecule is COc1cccc(CC(=O)N2CCCC[C@H]3CNCC[C@H]32)c1. The molecule has 120 valence electrons. The van der Waals surface area contributed by atoms with Gasteiger partial charge in [0, 0.05) is 12.6 Å². The highest BCUT2D eigenvalue weighted by molar-refractivity contribution is 5.79. The fourth-order valence-corrected chi connectivity index (χ4v) is 3.84. The van der Waals surface area contributed by atoms with Crippen molar-refractivity contribution >= 4 is 5.91 Å². The van der Waals surface area contributed by atoms with Gasteiger partial charge in [0.05, 0.1) is 13.5 Å². The zero-order chi connectivity index (χ0) is 15.4. The maximum absolute atomic E-state index is 12.8. The summed E-state index contributed by atoms with van der Waals surface area (Å²) in [6.45, 7) is 3.02. The first-order chi connectivity index (χ1) is 10.8. The van der Waals surface area contributed by atoms with Crippen molar-refractivity contribution < 1.29 is 9.53 Å². The van der Waals surface area contributed by atoms with Crippen LogP contribution in [0.2, 0.25) is 0 Å². The molecule has 0 spiro atoms. The Morgan fingerprint density at radius 1 is 1.36 bits per heavy atom. The highest BCUT2D eigenvalue weighted by Crippen LogP contribution is 2.27. The highest BCUT2D eigenvalue weighted by Gasteiger charge is 2.34. The molecule has 4 nitrogen and oxygen atoms in total. The summed E-state index contributed by atoms with van der Waals surface area (Å²) in [7, 11) is 1.66. The molecule has 0 aliphatic carbocycles. The van der Waals surface area contributed by atoms with E-state index in [1.807, 2.05) is 24.3 Å². The van der Waals surface area contributed by atoms with Gasteiger partial charge >= 0.3 is 0 Å². The summed E-state index contributed by atoms with van der Waals surface area (Å²) < 4.78 is 5.25. The van der Waals surface area contributed by atoms with E-state index in [2.05, 4.69) is 10.2 Å². The van der Waals surface area contributed by atoms with Gasteiger partial charge in [0.25, 0.3) is 0 Å². The van der Waals surface area contributed by atoms with E-state index in [0.29, 0.717) is 18.4 Å². The Kier molecular flexibility index (Phi) is 4.98. The molecule has 1 aromatic rings. The molecule has 1 aromatic carbocycles. The van der Waals surface area contributed by atoms with Crippen LogP contribution in [0.15, 0.2) is 24.3 Å². The number of rotatable bonds is 3. The number of likely N-dealkylation sites (tertiary alicyclic amines) is 1. The fourth-order valence-electron chi connectivity index (χ4n) is 3.84. The van der Waals surface area contributed by atoms with Gasteiger partial charge in [0.2, 0.25) is 5.91 Å². The first-order valence-electron chi connectivity index (χ1n) is 8.41. The first-order valence-corrected chi connectivity index (χ1v) is 8.41. The summed E-state index contributed by atoms with van der Waals surface area (Å²) in [5, 5.41) is 3.48. The maximum atomic E-state index is 12.8. The van der Waals surface area contributed by atoms with Gasteiger partial charge in [0.1, 0.15) is 5.75 Å². The van der Waals surface area contributed by atoms with Crippen molar-refractivity contribution in [1.82, 2.24) is 10.2 Å². The standard InChI is InChI=1S/C18H26N2O2/c1-22-16-7-4-5-14(11-16)12-18(21)20-10-3-2-6-15-13-19-9-8-17(15)20/h4-5,7,11,15,17,19H,2-3,6,8-10,12-13H2,1H3/t15-,17+/m0/s1. The minimum absolute atomic E-state index is 0.270. The lowest BCUT2D eigenvalue weighted by Gasteiger charge is -2.38. The molecule has 0 aromatic heterocycles. The molecular weight excluding hydrogens is 276 g/mol. The van der Waals surface area contributed by atoms with Crippen molar-refractivity contribution in [2.24, 2.45) is 5.92 Å². The molecule has 2 fully saturated rings. The number of nitrogens with one attached hydrogen (secondary N) is 1. The summed E-state index contributed by atoms with van der Waals surface area (Å²) >= 11 is 0. The van der Waals surface area contributed by atoms with Crippen LogP contribution in [-0.2, 0) is 11.2 Å². The summed E-state index contributed by atoms with van der Waals surface area (Å²) in [6.07, 6.45) is 5.20. The minimum Gasteiger partial charge on any atom is -0.497 e. The number of nitrogens with zero attached hydrogens (tertiary/aromatic N) is 1. The van der Waals surface area contributed by atoms with Crippen molar-refractivity contribution in [3.05, 3.63) is 29.8 Å². The van der Waals surface area contributed by atoms with E-state index in [4.69, 9.17) is 4.74 Å². The van der Waals surface area contributed by atoms with E-state index in [0.717, 1.165) is 43.8 Å². The predicted molar refractivity (Wildman–Crippen MR) is 87.0 cm³/mol. The molecule has 2 saturated heterocycles. The van der Waals surface area contributed by atoms with E-state index in [1.54, 1.807) is 7.11 Å². The quantitative estimate of drug-likeness (QED) is 0.931. The number of benzene rings is 1. The molecule has 2 aliphatic rings. The van der Waals surface area contributed by atoms with Crippen molar-refractivity contribution in [3.63, 3.8) is 0 Å². The lowest BCUT2D eigenvalue weighted by molar-refractivity contribution is -0.134. The fraction of sp³-hybridized carbons (Fsp3) is 0.611. The molecule has 4 heteroatoms. The van der Waals surface area contributed by atoms with Gasteiger partial charge in [-0.1, -0.05) is 18.6 Å². The zero-order valence-corrected chi connectivity index (χ0v) is 13.4. The Labute approximate surface area is 132 Å². The van der Waals surface area contributed by atoms with Crippen molar-refractivity contribution in [2.75, 3.05) is 26.7 Å². The summed E-state index contributed by atoms with van der Waals surface area (Å²) in [5.74, 6) is 1.72. The van der Waals surface area contributed by atoms with Crippen LogP contribution in [0, 0.1) is 5.92 Å². The van der Waals surface area contributed by atoms with Crippen LogP contribution in [0.4, 0.5) is 0 Å². The number of carbonyl (C=O) groups is 1. The number of fused-ring (bicyclic) bond motifs is 1.